The maximum absolute atomic E-state index is 8.93. The Labute approximate surface area is 103 Å². The van der Waals surface area contributed by atoms with E-state index >= 15 is 0 Å². The van der Waals surface area contributed by atoms with Crippen LogP contribution in [0.25, 0.3) is 0 Å². The molecule has 0 amide bonds. The van der Waals surface area contributed by atoms with Gasteiger partial charge in [0, 0.05) is 18.8 Å². The molecule has 1 aliphatic rings. The minimum absolute atomic E-state index is 0.515. The van der Waals surface area contributed by atoms with Crippen molar-refractivity contribution in [1.29, 1.82) is 5.26 Å². The van der Waals surface area contributed by atoms with Crippen LogP contribution in [0.3, 0.4) is 0 Å². The molecule has 2 rings (SSSR count). The highest BCUT2D eigenvalue weighted by Gasteiger charge is 2.22. The predicted octanol–water partition coefficient (Wildman–Crippen LogP) is 2.66. The standard InChI is InChI=1S/C14H19N3/c1-12-5-4-9-16-14(12)11-17(10-8-15)13-6-2-3-7-13/h4-5,9,13H,2-3,6-7,10-11H2,1H3. The zero-order valence-electron chi connectivity index (χ0n) is 10.4. The molecule has 0 N–H and O–H groups in total. The molecule has 0 bridgehead atoms. The average molecular weight is 229 g/mol. The first-order valence-corrected chi connectivity index (χ1v) is 6.33. The lowest BCUT2D eigenvalue weighted by Crippen LogP contribution is -2.33. The summed E-state index contributed by atoms with van der Waals surface area (Å²) < 4.78 is 0. The van der Waals surface area contributed by atoms with Crippen LogP contribution in [-0.4, -0.2) is 22.5 Å². The van der Waals surface area contributed by atoms with Gasteiger partial charge in [-0.15, -0.1) is 0 Å². The molecule has 0 atom stereocenters. The molecule has 0 spiro atoms. The number of rotatable bonds is 4. The summed E-state index contributed by atoms with van der Waals surface area (Å²) in [6.07, 6.45) is 6.89. The Hall–Kier alpha value is -1.40. The third-order valence-electron chi connectivity index (χ3n) is 3.59. The van der Waals surface area contributed by atoms with Crippen LogP contribution in [0.2, 0.25) is 0 Å². The lowest BCUT2D eigenvalue weighted by molar-refractivity contribution is 0.211. The monoisotopic (exact) mass is 229 g/mol. The zero-order chi connectivity index (χ0) is 12.1. The highest BCUT2D eigenvalue weighted by Crippen LogP contribution is 2.24. The van der Waals surface area contributed by atoms with Crippen molar-refractivity contribution in [2.24, 2.45) is 0 Å². The molecular weight excluding hydrogens is 210 g/mol. The first-order valence-electron chi connectivity index (χ1n) is 6.33. The fourth-order valence-electron chi connectivity index (χ4n) is 2.55. The summed E-state index contributed by atoms with van der Waals surface area (Å²) >= 11 is 0. The molecule has 3 heteroatoms. The summed E-state index contributed by atoms with van der Waals surface area (Å²) in [6, 6.07) is 6.91. The molecule has 90 valence electrons. The van der Waals surface area contributed by atoms with Gasteiger partial charge in [-0.3, -0.25) is 9.88 Å². The Morgan fingerprint density at radius 2 is 2.24 bits per heavy atom. The highest BCUT2D eigenvalue weighted by atomic mass is 15.2. The van der Waals surface area contributed by atoms with Crippen molar-refractivity contribution < 1.29 is 0 Å². The first kappa shape index (κ1) is 12.1. The number of aromatic nitrogens is 1. The molecule has 0 radical (unpaired) electrons. The molecule has 0 unspecified atom stereocenters. The molecule has 17 heavy (non-hydrogen) atoms. The minimum atomic E-state index is 0.515. The van der Waals surface area contributed by atoms with Crippen molar-refractivity contribution in [3.05, 3.63) is 29.6 Å². The van der Waals surface area contributed by atoms with E-state index in [0.717, 1.165) is 12.2 Å². The van der Waals surface area contributed by atoms with E-state index in [9.17, 15) is 0 Å². The molecule has 0 aliphatic heterocycles. The second kappa shape index (κ2) is 5.79. The number of hydrogen-bond acceptors (Lipinski definition) is 3. The molecule has 1 aliphatic carbocycles. The molecule has 0 aromatic carbocycles. The van der Waals surface area contributed by atoms with Gasteiger partial charge in [-0.05, 0) is 31.4 Å². The van der Waals surface area contributed by atoms with Gasteiger partial charge in [0.15, 0.2) is 0 Å². The molecule has 1 fully saturated rings. The summed E-state index contributed by atoms with van der Waals surface area (Å²) in [5.74, 6) is 0. The Bertz CT molecular complexity index is 402. The van der Waals surface area contributed by atoms with Crippen molar-refractivity contribution in [3.8, 4) is 6.07 Å². The van der Waals surface area contributed by atoms with Crippen LogP contribution in [0.4, 0.5) is 0 Å². The molecule has 1 saturated carbocycles. The molecule has 1 heterocycles. The van der Waals surface area contributed by atoms with Gasteiger partial charge in [0.2, 0.25) is 0 Å². The number of nitrogens with zero attached hydrogens (tertiary/aromatic N) is 3. The minimum Gasteiger partial charge on any atom is -0.282 e. The van der Waals surface area contributed by atoms with Crippen molar-refractivity contribution >= 4 is 0 Å². The van der Waals surface area contributed by atoms with Crippen molar-refractivity contribution in [2.75, 3.05) is 6.54 Å². The molecule has 3 nitrogen and oxygen atoms in total. The van der Waals surface area contributed by atoms with Crippen LogP contribution in [0.1, 0.15) is 36.9 Å². The number of nitriles is 1. The van der Waals surface area contributed by atoms with Crippen LogP contribution in [0, 0.1) is 18.3 Å². The zero-order valence-corrected chi connectivity index (χ0v) is 10.4. The predicted molar refractivity (Wildman–Crippen MR) is 67.3 cm³/mol. The van der Waals surface area contributed by atoms with Crippen LogP contribution >= 0.6 is 0 Å². The molecule has 1 aromatic heterocycles. The van der Waals surface area contributed by atoms with E-state index in [1.54, 1.807) is 0 Å². The van der Waals surface area contributed by atoms with E-state index < -0.39 is 0 Å². The fourth-order valence-corrected chi connectivity index (χ4v) is 2.55. The SMILES string of the molecule is Cc1cccnc1CN(CC#N)C1CCCC1. The first-order chi connectivity index (χ1) is 8.31. The molecule has 0 saturated heterocycles. The smallest absolute Gasteiger partial charge is 0.0871 e. The van der Waals surface area contributed by atoms with E-state index in [0.29, 0.717) is 12.6 Å². The maximum Gasteiger partial charge on any atom is 0.0871 e. The number of pyridine rings is 1. The van der Waals surface area contributed by atoms with E-state index in [-0.39, 0.29) is 0 Å². The van der Waals surface area contributed by atoms with E-state index in [4.69, 9.17) is 5.26 Å². The van der Waals surface area contributed by atoms with Crippen molar-refractivity contribution in [3.63, 3.8) is 0 Å². The Kier molecular flexibility index (Phi) is 4.11. The van der Waals surface area contributed by atoms with Gasteiger partial charge < -0.3 is 0 Å². The van der Waals surface area contributed by atoms with Gasteiger partial charge in [-0.1, -0.05) is 18.9 Å². The van der Waals surface area contributed by atoms with Crippen molar-refractivity contribution in [1.82, 2.24) is 9.88 Å². The van der Waals surface area contributed by atoms with Gasteiger partial charge in [0.05, 0.1) is 18.3 Å². The summed E-state index contributed by atoms with van der Waals surface area (Å²) in [7, 11) is 0. The van der Waals surface area contributed by atoms with E-state index in [2.05, 4.69) is 28.9 Å². The normalized spacial score (nSPS) is 16.3. The summed E-state index contributed by atoms with van der Waals surface area (Å²) in [4.78, 5) is 6.70. The summed E-state index contributed by atoms with van der Waals surface area (Å²) in [5.41, 5.74) is 2.32. The third-order valence-corrected chi connectivity index (χ3v) is 3.59. The van der Waals surface area contributed by atoms with Crippen LogP contribution in [0.15, 0.2) is 18.3 Å². The largest absolute Gasteiger partial charge is 0.282 e. The second-order valence-electron chi connectivity index (χ2n) is 4.77. The van der Waals surface area contributed by atoms with Gasteiger partial charge >= 0.3 is 0 Å². The topological polar surface area (TPSA) is 39.9 Å². The van der Waals surface area contributed by atoms with Crippen LogP contribution in [-0.2, 0) is 6.54 Å². The molecular formula is C14H19N3. The number of aryl methyl sites for hydroxylation is 1. The van der Waals surface area contributed by atoms with Gasteiger partial charge in [0.1, 0.15) is 0 Å². The fraction of sp³-hybridized carbons (Fsp3) is 0.571. The second-order valence-corrected chi connectivity index (χ2v) is 4.77. The van der Waals surface area contributed by atoms with Gasteiger partial charge in [0.25, 0.3) is 0 Å². The van der Waals surface area contributed by atoms with Gasteiger partial charge in [-0.2, -0.15) is 5.26 Å². The van der Waals surface area contributed by atoms with Crippen molar-refractivity contribution in [2.45, 2.75) is 45.2 Å². The Morgan fingerprint density at radius 3 is 2.88 bits per heavy atom. The summed E-state index contributed by atoms with van der Waals surface area (Å²) in [5, 5.41) is 8.93. The van der Waals surface area contributed by atoms with E-state index in [1.165, 1.54) is 31.2 Å². The Morgan fingerprint density at radius 1 is 1.47 bits per heavy atom. The maximum atomic E-state index is 8.93. The lowest BCUT2D eigenvalue weighted by Gasteiger charge is -2.26. The third kappa shape index (κ3) is 3.04. The summed E-state index contributed by atoms with van der Waals surface area (Å²) in [6.45, 7) is 3.41. The number of hydrogen-bond donors (Lipinski definition) is 0. The van der Waals surface area contributed by atoms with E-state index in [1.807, 2.05) is 12.3 Å². The highest BCUT2D eigenvalue weighted by molar-refractivity contribution is 5.17. The average Bonchev–Trinajstić information content (AvgIpc) is 2.85. The quantitative estimate of drug-likeness (QED) is 0.745. The van der Waals surface area contributed by atoms with Gasteiger partial charge in [-0.25, -0.2) is 0 Å². The molecule has 1 aromatic rings. The lowest BCUT2D eigenvalue weighted by atomic mass is 10.1. The Balaban J connectivity index is 2.07. The van der Waals surface area contributed by atoms with Crippen LogP contribution in [0.5, 0.6) is 0 Å². The van der Waals surface area contributed by atoms with Crippen LogP contribution < -0.4 is 0 Å².